The molecule has 1 atom stereocenters. The van der Waals surface area contributed by atoms with E-state index in [4.69, 9.17) is 4.74 Å². The van der Waals surface area contributed by atoms with Crippen LogP contribution in [0, 0.1) is 0 Å². The summed E-state index contributed by atoms with van der Waals surface area (Å²) in [6, 6.07) is 8.20. The molecule has 0 spiro atoms. The Hall–Kier alpha value is -1.02. The molecule has 1 saturated carbocycles. The number of fused-ring (bicyclic) bond motifs is 1. The van der Waals surface area contributed by atoms with Gasteiger partial charge in [0.2, 0.25) is 0 Å². The number of hydrogen-bond donors (Lipinski definition) is 1. The summed E-state index contributed by atoms with van der Waals surface area (Å²) in [7, 11) is 0. The second kappa shape index (κ2) is 4.34. The van der Waals surface area contributed by atoms with E-state index >= 15 is 0 Å². The Bertz CT molecular complexity index is 394. The molecule has 0 radical (unpaired) electrons. The van der Waals surface area contributed by atoms with Gasteiger partial charge in [0.15, 0.2) is 0 Å². The van der Waals surface area contributed by atoms with Crippen LogP contribution in [0.4, 0.5) is 0 Å². The van der Waals surface area contributed by atoms with Crippen molar-refractivity contribution in [2.45, 2.75) is 56.7 Å². The van der Waals surface area contributed by atoms with Gasteiger partial charge in [-0.15, -0.1) is 0 Å². The number of ether oxygens (including phenoxy) is 1. The van der Waals surface area contributed by atoms with Crippen molar-refractivity contribution in [2.75, 3.05) is 0 Å². The lowest BCUT2D eigenvalue weighted by molar-refractivity contribution is -0.0918. The molecule has 1 unspecified atom stereocenters. The molecule has 1 heterocycles. The van der Waals surface area contributed by atoms with E-state index in [1.165, 1.54) is 12.0 Å². The lowest BCUT2D eigenvalue weighted by Crippen LogP contribution is -2.48. The Balaban J connectivity index is 1.79. The van der Waals surface area contributed by atoms with Crippen LogP contribution in [0.3, 0.4) is 0 Å². The monoisotopic (exact) mass is 232 g/mol. The van der Waals surface area contributed by atoms with Gasteiger partial charge in [0, 0.05) is 0 Å². The van der Waals surface area contributed by atoms with Crippen molar-refractivity contribution in [3.05, 3.63) is 29.8 Å². The molecular formula is C15H20O2. The third-order valence-electron chi connectivity index (χ3n) is 4.24. The van der Waals surface area contributed by atoms with Crippen molar-refractivity contribution < 1.29 is 9.84 Å². The quantitative estimate of drug-likeness (QED) is 0.806. The van der Waals surface area contributed by atoms with Crippen molar-refractivity contribution in [1.82, 2.24) is 0 Å². The van der Waals surface area contributed by atoms with Gasteiger partial charge < -0.3 is 9.84 Å². The molecule has 0 amide bonds. The molecule has 1 fully saturated rings. The minimum absolute atomic E-state index is 0.00213. The van der Waals surface area contributed by atoms with Crippen LogP contribution in [0.2, 0.25) is 0 Å². The first-order chi connectivity index (χ1) is 8.28. The number of hydrogen-bond acceptors (Lipinski definition) is 2. The molecule has 0 bridgehead atoms. The summed E-state index contributed by atoms with van der Waals surface area (Å²) < 4.78 is 6.02. The highest BCUT2D eigenvalue weighted by atomic mass is 16.5. The summed E-state index contributed by atoms with van der Waals surface area (Å²) >= 11 is 0. The number of para-hydroxylation sites is 1. The van der Waals surface area contributed by atoms with Crippen LogP contribution < -0.4 is 4.74 Å². The van der Waals surface area contributed by atoms with Crippen LogP contribution >= 0.6 is 0 Å². The largest absolute Gasteiger partial charge is 0.487 e. The average Bonchev–Trinajstić information content (AvgIpc) is 2.39. The van der Waals surface area contributed by atoms with Gasteiger partial charge in [-0.25, -0.2) is 0 Å². The average molecular weight is 232 g/mol. The number of rotatable bonds is 1. The Morgan fingerprint density at radius 3 is 2.71 bits per heavy atom. The van der Waals surface area contributed by atoms with Crippen molar-refractivity contribution in [3.63, 3.8) is 0 Å². The first kappa shape index (κ1) is 11.1. The summed E-state index contributed by atoms with van der Waals surface area (Å²) in [6.45, 7) is 0. The SMILES string of the molecule is OC1(C2CCc3ccccc3O2)CCCCC1. The molecule has 1 aliphatic heterocycles. The highest BCUT2D eigenvalue weighted by molar-refractivity contribution is 5.35. The molecule has 1 aliphatic carbocycles. The molecular weight excluding hydrogens is 212 g/mol. The Morgan fingerprint density at radius 1 is 1.12 bits per heavy atom. The maximum absolute atomic E-state index is 10.7. The van der Waals surface area contributed by atoms with Crippen molar-refractivity contribution in [1.29, 1.82) is 0 Å². The molecule has 2 heteroatoms. The summed E-state index contributed by atoms with van der Waals surface area (Å²) in [5, 5.41) is 10.7. The normalized spacial score (nSPS) is 27.0. The lowest BCUT2D eigenvalue weighted by atomic mass is 9.78. The van der Waals surface area contributed by atoms with E-state index in [2.05, 4.69) is 12.1 Å². The number of aliphatic hydroxyl groups is 1. The van der Waals surface area contributed by atoms with E-state index in [1.54, 1.807) is 0 Å². The summed E-state index contributed by atoms with van der Waals surface area (Å²) in [4.78, 5) is 0. The van der Waals surface area contributed by atoms with Crippen LogP contribution in [0.25, 0.3) is 0 Å². The van der Waals surface area contributed by atoms with Gasteiger partial charge in [-0.05, 0) is 37.3 Å². The molecule has 0 aromatic heterocycles. The standard InChI is InChI=1S/C15H20O2/c16-15(10-4-1-5-11-15)14-9-8-12-6-2-3-7-13(12)17-14/h2-3,6-7,14,16H,1,4-5,8-11H2. The molecule has 0 saturated heterocycles. The second-order valence-electron chi connectivity index (χ2n) is 5.42. The van der Waals surface area contributed by atoms with Crippen molar-refractivity contribution in [3.8, 4) is 5.75 Å². The van der Waals surface area contributed by atoms with E-state index in [-0.39, 0.29) is 6.10 Å². The number of benzene rings is 1. The fraction of sp³-hybridized carbons (Fsp3) is 0.600. The second-order valence-corrected chi connectivity index (χ2v) is 5.42. The highest BCUT2D eigenvalue weighted by Crippen LogP contribution is 2.38. The molecule has 17 heavy (non-hydrogen) atoms. The molecule has 2 aliphatic rings. The molecule has 1 aromatic rings. The van der Waals surface area contributed by atoms with Crippen LogP contribution in [-0.4, -0.2) is 16.8 Å². The van der Waals surface area contributed by atoms with E-state index in [1.807, 2.05) is 12.1 Å². The first-order valence-corrected chi connectivity index (χ1v) is 6.75. The van der Waals surface area contributed by atoms with Gasteiger partial charge in [-0.1, -0.05) is 37.5 Å². The van der Waals surface area contributed by atoms with Crippen molar-refractivity contribution >= 4 is 0 Å². The molecule has 1 aromatic carbocycles. The minimum Gasteiger partial charge on any atom is -0.487 e. The third-order valence-corrected chi connectivity index (χ3v) is 4.24. The van der Waals surface area contributed by atoms with Crippen LogP contribution in [0.15, 0.2) is 24.3 Å². The Labute approximate surface area is 103 Å². The van der Waals surface area contributed by atoms with Gasteiger partial charge >= 0.3 is 0 Å². The van der Waals surface area contributed by atoms with Crippen LogP contribution in [0.5, 0.6) is 5.75 Å². The van der Waals surface area contributed by atoms with Gasteiger partial charge in [-0.3, -0.25) is 0 Å². The van der Waals surface area contributed by atoms with Crippen molar-refractivity contribution in [2.24, 2.45) is 0 Å². The molecule has 92 valence electrons. The summed E-state index contributed by atoms with van der Waals surface area (Å²) in [5.41, 5.74) is 0.703. The Kier molecular flexibility index (Phi) is 2.83. The zero-order chi connectivity index (χ0) is 11.7. The van der Waals surface area contributed by atoms with Gasteiger partial charge in [0.05, 0.1) is 0 Å². The van der Waals surface area contributed by atoms with E-state index < -0.39 is 5.60 Å². The van der Waals surface area contributed by atoms with E-state index in [0.29, 0.717) is 0 Å². The summed E-state index contributed by atoms with van der Waals surface area (Å²) in [5.74, 6) is 0.975. The van der Waals surface area contributed by atoms with E-state index in [9.17, 15) is 5.11 Å². The fourth-order valence-corrected chi connectivity index (χ4v) is 3.19. The summed E-state index contributed by atoms with van der Waals surface area (Å²) in [6.07, 6.45) is 7.32. The molecule has 1 N–H and O–H groups in total. The molecule has 2 nitrogen and oxygen atoms in total. The lowest BCUT2D eigenvalue weighted by Gasteiger charge is -2.41. The highest BCUT2D eigenvalue weighted by Gasteiger charge is 2.40. The smallest absolute Gasteiger partial charge is 0.128 e. The number of aryl methyl sites for hydroxylation is 1. The molecule has 3 rings (SSSR count). The zero-order valence-electron chi connectivity index (χ0n) is 10.2. The first-order valence-electron chi connectivity index (χ1n) is 6.75. The van der Waals surface area contributed by atoms with Gasteiger partial charge in [0.25, 0.3) is 0 Å². The van der Waals surface area contributed by atoms with Gasteiger partial charge in [0.1, 0.15) is 17.5 Å². The van der Waals surface area contributed by atoms with Gasteiger partial charge in [-0.2, -0.15) is 0 Å². The zero-order valence-corrected chi connectivity index (χ0v) is 10.2. The predicted molar refractivity (Wildman–Crippen MR) is 67.2 cm³/mol. The maximum Gasteiger partial charge on any atom is 0.128 e. The van der Waals surface area contributed by atoms with E-state index in [0.717, 1.165) is 44.3 Å². The fourth-order valence-electron chi connectivity index (χ4n) is 3.19. The topological polar surface area (TPSA) is 29.5 Å². The van der Waals surface area contributed by atoms with Crippen LogP contribution in [-0.2, 0) is 6.42 Å². The third kappa shape index (κ3) is 2.06. The minimum atomic E-state index is -0.578. The van der Waals surface area contributed by atoms with Crippen LogP contribution in [0.1, 0.15) is 44.1 Å². The Morgan fingerprint density at radius 2 is 1.88 bits per heavy atom. The predicted octanol–water partition coefficient (Wildman–Crippen LogP) is 3.08. The maximum atomic E-state index is 10.7.